The molecule has 1 fully saturated rings. The number of rotatable bonds is 7. The molecule has 1 aromatic heterocycles. The molecule has 0 spiro atoms. The fourth-order valence-corrected chi connectivity index (χ4v) is 5.76. The van der Waals surface area contributed by atoms with Crippen molar-refractivity contribution in [2.45, 2.75) is 38.6 Å². The highest BCUT2D eigenvalue weighted by atomic mass is 32.2. The number of aromatic nitrogens is 2. The van der Waals surface area contributed by atoms with Crippen LogP contribution >= 0.6 is 11.3 Å². The smallest absolute Gasteiger partial charge is 0.244 e. The summed E-state index contributed by atoms with van der Waals surface area (Å²) < 4.78 is 50.5. The average Bonchev–Trinajstić information content (AvgIpc) is 2.92. The zero-order valence-corrected chi connectivity index (χ0v) is 16.4. The zero-order valence-electron chi connectivity index (χ0n) is 13.9. The number of carbonyl (C=O) groups excluding carboxylic acids is 1. The molecule has 1 saturated heterocycles. The first-order valence-corrected chi connectivity index (χ1v) is 12.1. The number of hydrogen-bond acceptors (Lipinski definition) is 8. The van der Waals surface area contributed by atoms with Crippen molar-refractivity contribution in [2.75, 3.05) is 28.6 Å². The van der Waals surface area contributed by atoms with E-state index in [0.717, 1.165) is 24.0 Å². The molecule has 0 radical (unpaired) electrons. The highest BCUT2D eigenvalue weighted by Gasteiger charge is 2.36. The largest absolute Gasteiger partial charge is 0.299 e. The summed E-state index contributed by atoms with van der Waals surface area (Å²) in [6.07, 6.45) is 3.36. The fraction of sp³-hybridized carbons (Fsp3) is 0.750. The molecule has 1 atom stereocenters. The molecule has 1 unspecified atom stereocenters. The minimum absolute atomic E-state index is 0.00197. The first kappa shape index (κ1) is 20.0. The number of nitrogens with zero attached hydrogens (tertiary/aromatic N) is 3. The summed E-state index contributed by atoms with van der Waals surface area (Å²) in [4.78, 5) is 12.5. The van der Waals surface area contributed by atoms with E-state index in [4.69, 9.17) is 0 Å². The minimum atomic E-state index is -3.49. The quantitative estimate of drug-likeness (QED) is 0.664. The van der Waals surface area contributed by atoms with E-state index in [1.807, 2.05) is 0 Å². The highest BCUT2D eigenvalue weighted by Crippen LogP contribution is 2.25. The number of piperidine rings is 1. The first-order valence-electron chi connectivity index (χ1n) is 7.74. The van der Waals surface area contributed by atoms with Gasteiger partial charge in [-0.25, -0.2) is 16.8 Å². The standard InChI is InChI=1S/C12H21N5O5S3/c1-3-8-25(21,22)17-7-5-4-6-9(17)10(18)13-11-14-15-12(23-11)16-24(2,19)20/h9H,3-8H2,1-2H3,(H,15,16)(H,13,14,18). The topological polar surface area (TPSA) is 138 Å². The molecule has 1 aromatic rings. The zero-order chi connectivity index (χ0) is 18.7. The SMILES string of the molecule is CCCS(=O)(=O)N1CCCCC1C(=O)Nc1nnc(NS(C)(=O)=O)s1. The van der Waals surface area contributed by atoms with Gasteiger partial charge in [-0.1, -0.05) is 24.7 Å². The summed E-state index contributed by atoms with van der Waals surface area (Å²) in [6.45, 7) is 2.09. The molecule has 13 heteroatoms. The molecule has 10 nitrogen and oxygen atoms in total. The minimum Gasteiger partial charge on any atom is -0.299 e. The molecule has 2 heterocycles. The molecule has 0 bridgehead atoms. The van der Waals surface area contributed by atoms with E-state index in [1.54, 1.807) is 6.92 Å². The maximum atomic E-state index is 12.5. The van der Waals surface area contributed by atoms with Gasteiger partial charge in [-0.2, -0.15) is 4.31 Å². The van der Waals surface area contributed by atoms with Crippen LogP contribution in [0.15, 0.2) is 0 Å². The molecule has 0 aromatic carbocycles. The Morgan fingerprint density at radius 1 is 1.24 bits per heavy atom. The molecular formula is C12H21N5O5S3. The molecule has 25 heavy (non-hydrogen) atoms. The molecule has 2 N–H and O–H groups in total. The van der Waals surface area contributed by atoms with Gasteiger partial charge in [0.1, 0.15) is 6.04 Å². The van der Waals surface area contributed by atoms with Gasteiger partial charge in [0.15, 0.2) is 0 Å². The van der Waals surface area contributed by atoms with Crippen LogP contribution in [0.25, 0.3) is 0 Å². The lowest BCUT2D eigenvalue weighted by Gasteiger charge is -2.33. The highest BCUT2D eigenvalue weighted by molar-refractivity contribution is 7.92. The van der Waals surface area contributed by atoms with Crippen LogP contribution in [0.3, 0.4) is 0 Å². The van der Waals surface area contributed by atoms with Crippen molar-refractivity contribution in [3.8, 4) is 0 Å². The Kier molecular flexibility index (Phi) is 6.35. The Labute approximate surface area is 151 Å². The van der Waals surface area contributed by atoms with E-state index in [9.17, 15) is 21.6 Å². The van der Waals surface area contributed by atoms with Gasteiger partial charge in [0.25, 0.3) is 0 Å². The predicted octanol–water partition coefficient (Wildman–Crippen LogP) is 0.442. The van der Waals surface area contributed by atoms with Gasteiger partial charge < -0.3 is 0 Å². The average molecular weight is 412 g/mol. The van der Waals surface area contributed by atoms with Crippen LogP contribution in [0.5, 0.6) is 0 Å². The first-order chi connectivity index (χ1) is 11.6. The van der Waals surface area contributed by atoms with Gasteiger partial charge in [0.2, 0.25) is 36.2 Å². The van der Waals surface area contributed by atoms with Gasteiger partial charge in [0.05, 0.1) is 12.0 Å². The van der Waals surface area contributed by atoms with Crippen molar-refractivity contribution in [1.29, 1.82) is 0 Å². The summed E-state index contributed by atoms with van der Waals surface area (Å²) in [5.74, 6) is -0.487. The Hall–Kier alpha value is -1.31. The van der Waals surface area contributed by atoms with Crippen LogP contribution in [-0.2, 0) is 24.8 Å². The number of sulfonamides is 2. The second-order valence-electron chi connectivity index (χ2n) is 5.71. The number of amides is 1. The van der Waals surface area contributed by atoms with Crippen LogP contribution in [-0.4, -0.2) is 61.8 Å². The van der Waals surface area contributed by atoms with E-state index < -0.39 is 32.0 Å². The lowest BCUT2D eigenvalue weighted by atomic mass is 10.0. The number of hydrogen-bond donors (Lipinski definition) is 2. The maximum Gasteiger partial charge on any atom is 0.244 e. The van der Waals surface area contributed by atoms with Crippen molar-refractivity contribution in [3.05, 3.63) is 0 Å². The second-order valence-corrected chi connectivity index (χ2v) is 10.5. The van der Waals surface area contributed by atoms with Gasteiger partial charge in [0, 0.05) is 6.54 Å². The van der Waals surface area contributed by atoms with E-state index in [0.29, 0.717) is 25.8 Å². The third-order valence-corrected chi connectivity index (χ3v) is 7.03. The molecule has 1 aliphatic heterocycles. The lowest BCUT2D eigenvalue weighted by Crippen LogP contribution is -2.50. The van der Waals surface area contributed by atoms with Crippen LogP contribution in [0, 0.1) is 0 Å². The molecular weight excluding hydrogens is 390 g/mol. The van der Waals surface area contributed by atoms with Crippen molar-refractivity contribution < 1.29 is 21.6 Å². The number of nitrogens with one attached hydrogen (secondary N) is 2. The third kappa shape index (κ3) is 5.59. The van der Waals surface area contributed by atoms with Gasteiger partial charge in [-0.05, 0) is 19.3 Å². The van der Waals surface area contributed by atoms with E-state index in [-0.39, 0.29) is 16.0 Å². The summed E-state index contributed by atoms with van der Waals surface area (Å²) in [5, 5.41) is 9.99. The van der Waals surface area contributed by atoms with Crippen LogP contribution < -0.4 is 10.0 Å². The number of anilines is 2. The van der Waals surface area contributed by atoms with Gasteiger partial charge >= 0.3 is 0 Å². The van der Waals surface area contributed by atoms with E-state index in [2.05, 4.69) is 20.2 Å². The van der Waals surface area contributed by atoms with E-state index >= 15 is 0 Å². The van der Waals surface area contributed by atoms with Gasteiger partial charge in [-0.3, -0.25) is 14.8 Å². The Bertz CT molecular complexity index is 820. The molecule has 1 aliphatic rings. The normalized spacial score (nSPS) is 19.5. The van der Waals surface area contributed by atoms with Crippen molar-refractivity contribution >= 4 is 47.6 Å². The maximum absolute atomic E-state index is 12.5. The lowest BCUT2D eigenvalue weighted by molar-refractivity contribution is -0.120. The number of carbonyl (C=O) groups is 1. The van der Waals surface area contributed by atoms with Crippen molar-refractivity contribution in [1.82, 2.24) is 14.5 Å². The summed E-state index contributed by atoms with van der Waals surface area (Å²) in [6, 6.07) is -0.791. The van der Waals surface area contributed by atoms with Gasteiger partial charge in [-0.15, -0.1) is 10.2 Å². The van der Waals surface area contributed by atoms with Crippen LogP contribution in [0.2, 0.25) is 0 Å². The fourth-order valence-electron chi connectivity index (χ4n) is 2.54. The Balaban J connectivity index is 2.10. The predicted molar refractivity (Wildman–Crippen MR) is 95.4 cm³/mol. The molecule has 142 valence electrons. The van der Waals surface area contributed by atoms with Crippen LogP contribution in [0.1, 0.15) is 32.6 Å². The van der Waals surface area contributed by atoms with Crippen LogP contribution in [0.4, 0.5) is 10.3 Å². The summed E-state index contributed by atoms with van der Waals surface area (Å²) in [5.41, 5.74) is 0. The third-order valence-electron chi connectivity index (χ3n) is 3.50. The monoisotopic (exact) mass is 411 g/mol. The summed E-state index contributed by atoms with van der Waals surface area (Å²) >= 11 is 0.859. The van der Waals surface area contributed by atoms with Crippen molar-refractivity contribution in [2.24, 2.45) is 0 Å². The Morgan fingerprint density at radius 2 is 1.92 bits per heavy atom. The second kappa shape index (κ2) is 7.93. The molecule has 2 rings (SSSR count). The summed E-state index contributed by atoms with van der Waals surface area (Å²) in [7, 11) is -6.98. The molecule has 1 amide bonds. The van der Waals surface area contributed by atoms with Crippen molar-refractivity contribution in [3.63, 3.8) is 0 Å². The molecule has 0 aliphatic carbocycles. The molecule has 0 saturated carbocycles. The Morgan fingerprint density at radius 3 is 2.56 bits per heavy atom. The van der Waals surface area contributed by atoms with E-state index in [1.165, 1.54) is 4.31 Å².